The summed E-state index contributed by atoms with van der Waals surface area (Å²) < 4.78 is 5.22. The predicted octanol–water partition coefficient (Wildman–Crippen LogP) is 3.84. The quantitative estimate of drug-likeness (QED) is 0.468. The van der Waals surface area contributed by atoms with Gasteiger partial charge < -0.3 is 4.74 Å². The van der Waals surface area contributed by atoms with Gasteiger partial charge >= 0.3 is 5.97 Å². The summed E-state index contributed by atoms with van der Waals surface area (Å²) in [5, 5.41) is 10.7. The van der Waals surface area contributed by atoms with Gasteiger partial charge in [-0.1, -0.05) is 25.4 Å². The Balaban J connectivity index is 2.83. The van der Waals surface area contributed by atoms with Gasteiger partial charge in [0, 0.05) is 6.07 Å². The first kappa shape index (κ1) is 15.4. The molecule has 0 N–H and O–H groups in total. The monoisotopic (exact) mass is 285 g/mol. The number of carbonyl (C=O) groups excluding carboxylic acids is 1. The third kappa shape index (κ3) is 4.52. The van der Waals surface area contributed by atoms with Crippen LogP contribution in [0.3, 0.4) is 0 Å². The number of carbonyl (C=O) groups is 1. The van der Waals surface area contributed by atoms with Crippen molar-refractivity contribution in [1.29, 1.82) is 0 Å². The van der Waals surface area contributed by atoms with Crippen molar-refractivity contribution in [2.75, 3.05) is 0 Å². The highest BCUT2D eigenvalue weighted by atomic mass is 35.5. The average Bonchev–Trinajstić information content (AvgIpc) is 2.27. The van der Waals surface area contributed by atoms with E-state index in [-0.39, 0.29) is 22.4 Å². The van der Waals surface area contributed by atoms with Gasteiger partial charge in [0.15, 0.2) is 0 Å². The van der Waals surface area contributed by atoms with Crippen molar-refractivity contribution in [3.8, 4) is 0 Å². The molecule has 6 heteroatoms. The van der Waals surface area contributed by atoms with Gasteiger partial charge in [-0.05, 0) is 31.4 Å². The topological polar surface area (TPSA) is 69.4 Å². The molecular weight excluding hydrogens is 270 g/mol. The van der Waals surface area contributed by atoms with Crippen molar-refractivity contribution in [3.05, 3.63) is 38.9 Å². The fourth-order valence-corrected chi connectivity index (χ4v) is 1.93. The summed E-state index contributed by atoms with van der Waals surface area (Å²) in [6.45, 7) is 5.84. The third-order valence-electron chi connectivity index (χ3n) is 2.49. The molecule has 0 spiro atoms. The SMILES string of the molecule is CC(C)CC(C)OC(=O)c1ccc(Cl)c([N+](=O)[O-])c1. The van der Waals surface area contributed by atoms with Crippen LogP contribution in [-0.4, -0.2) is 17.0 Å². The van der Waals surface area contributed by atoms with Crippen molar-refractivity contribution >= 4 is 23.3 Å². The standard InChI is InChI=1S/C13H16ClNO4/c1-8(2)6-9(3)19-13(16)10-4-5-11(14)12(7-10)15(17)18/h4-5,7-9H,6H2,1-3H3. The van der Waals surface area contributed by atoms with E-state index in [1.165, 1.54) is 12.1 Å². The zero-order chi connectivity index (χ0) is 14.6. The number of nitrogens with zero attached hydrogens (tertiary/aromatic N) is 1. The van der Waals surface area contributed by atoms with E-state index in [0.717, 1.165) is 12.5 Å². The molecule has 0 aliphatic rings. The molecule has 0 fully saturated rings. The van der Waals surface area contributed by atoms with Gasteiger partial charge in [-0.25, -0.2) is 4.79 Å². The molecule has 0 saturated heterocycles. The molecule has 1 aromatic carbocycles. The van der Waals surface area contributed by atoms with E-state index in [0.29, 0.717) is 5.92 Å². The van der Waals surface area contributed by atoms with Crippen LogP contribution in [0.5, 0.6) is 0 Å². The number of ether oxygens (including phenoxy) is 1. The van der Waals surface area contributed by atoms with Crippen LogP contribution >= 0.6 is 11.6 Å². The maximum atomic E-state index is 11.8. The molecule has 0 saturated carbocycles. The molecule has 0 radical (unpaired) electrons. The first-order chi connectivity index (χ1) is 8.81. The van der Waals surface area contributed by atoms with E-state index in [1.54, 1.807) is 6.92 Å². The largest absolute Gasteiger partial charge is 0.459 e. The van der Waals surface area contributed by atoms with E-state index in [9.17, 15) is 14.9 Å². The predicted molar refractivity (Wildman–Crippen MR) is 72.4 cm³/mol. The van der Waals surface area contributed by atoms with Crippen LogP contribution in [0.4, 0.5) is 5.69 Å². The second-order valence-corrected chi connectivity index (χ2v) is 5.18. The molecule has 1 rings (SSSR count). The number of halogens is 1. The lowest BCUT2D eigenvalue weighted by Gasteiger charge is -2.15. The molecule has 0 bridgehead atoms. The fourth-order valence-electron chi connectivity index (χ4n) is 1.74. The molecule has 0 amide bonds. The molecule has 0 aliphatic heterocycles. The highest BCUT2D eigenvalue weighted by Gasteiger charge is 2.18. The third-order valence-corrected chi connectivity index (χ3v) is 2.81. The Morgan fingerprint density at radius 1 is 1.42 bits per heavy atom. The number of nitro benzene ring substituents is 1. The van der Waals surface area contributed by atoms with Crippen molar-refractivity contribution in [3.63, 3.8) is 0 Å². The van der Waals surface area contributed by atoms with Gasteiger partial charge in [0.05, 0.1) is 16.6 Å². The first-order valence-electron chi connectivity index (χ1n) is 5.96. The Hall–Kier alpha value is -1.62. The minimum atomic E-state index is -0.628. The molecular formula is C13H16ClNO4. The van der Waals surface area contributed by atoms with Crippen LogP contribution in [-0.2, 0) is 4.74 Å². The van der Waals surface area contributed by atoms with Gasteiger partial charge in [0.1, 0.15) is 5.02 Å². The molecule has 104 valence electrons. The maximum absolute atomic E-state index is 11.8. The Kier molecular flexibility index (Phi) is 5.30. The molecule has 19 heavy (non-hydrogen) atoms. The Morgan fingerprint density at radius 3 is 2.58 bits per heavy atom. The highest BCUT2D eigenvalue weighted by molar-refractivity contribution is 6.32. The van der Waals surface area contributed by atoms with Crippen molar-refractivity contribution in [2.24, 2.45) is 5.92 Å². The van der Waals surface area contributed by atoms with Crippen molar-refractivity contribution in [2.45, 2.75) is 33.3 Å². The van der Waals surface area contributed by atoms with E-state index >= 15 is 0 Å². The Morgan fingerprint density at radius 2 is 2.05 bits per heavy atom. The average molecular weight is 286 g/mol. The van der Waals surface area contributed by atoms with E-state index in [2.05, 4.69) is 0 Å². The van der Waals surface area contributed by atoms with Crippen LogP contribution in [0.25, 0.3) is 0 Å². The summed E-state index contributed by atoms with van der Waals surface area (Å²) in [7, 11) is 0. The number of esters is 1. The smallest absolute Gasteiger partial charge is 0.338 e. The number of benzene rings is 1. The minimum absolute atomic E-state index is 0.00298. The summed E-state index contributed by atoms with van der Waals surface area (Å²) in [6.07, 6.45) is 0.503. The molecule has 0 aliphatic carbocycles. The summed E-state index contributed by atoms with van der Waals surface area (Å²) in [4.78, 5) is 21.9. The van der Waals surface area contributed by atoms with Crippen LogP contribution in [0.1, 0.15) is 37.6 Å². The lowest BCUT2D eigenvalue weighted by atomic mass is 10.1. The number of hydrogen-bond acceptors (Lipinski definition) is 4. The molecule has 0 aromatic heterocycles. The van der Waals surface area contributed by atoms with Crippen LogP contribution in [0.2, 0.25) is 5.02 Å². The molecule has 1 unspecified atom stereocenters. The summed E-state index contributed by atoms with van der Waals surface area (Å²) >= 11 is 5.68. The zero-order valence-corrected chi connectivity index (χ0v) is 11.8. The molecule has 1 atom stereocenters. The van der Waals surface area contributed by atoms with Gasteiger partial charge in [-0.2, -0.15) is 0 Å². The van der Waals surface area contributed by atoms with Crippen LogP contribution in [0.15, 0.2) is 18.2 Å². The Labute approximate surface area is 116 Å². The van der Waals surface area contributed by atoms with Crippen LogP contribution < -0.4 is 0 Å². The van der Waals surface area contributed by atoms with Crippen molar-refractivity contribution < 1.29 is 14.5 Å². The minimum Gasteiger partial charge on any atom is -0.459 e. The van der Waals surface area contributed by atoms with E-state index in [4.69, 9.17) is 16.3 Å². The normalized spacial score (nSPS) is 12.3. The second kappa shape index (κ2) is 6.52. The Bertz CT molecular complexity index is 488. The summed E-state index contributed by atoms with van der Waals surface area (Å²) in [5.74, 6) is -0.171. The molecule has 5 nitrogen and oxygen atoms in total. The van der Waals surface area contributed by atoms with Gasteiger partial charge in [0.25, 0.3) is 5.69 Å². The van der Waals surface area contributed by atoms with E-state index < -0.39 is 10.9 Å². The van der Waals surface area contributed by atoms with Gasteiger partial charge in [-0.3, -0.25) is 10.1 Å². The van der Waals surface area contributed by atoms with E-state index in [1.807, 2.05) is 13.8 Å². The number of hydrogen-bond donors (Lipinski definition) is 0. The molecule has 1 aromatic rings. The zero-order valence-electron chi connectivity index (χ0n) is 11.1. The maximum Gasteiger partial charge on any atom is 0.338 e. The summed E-state index contributed by atoms with van der Waals surface area (Å²) in [5.41, 5.74) is -0.167. The molecule has 0 heterocycles. The highest BCUT2D eigenvalue weighted by Crippen LogP contribution is 2.25. The lowest BCUT2D eigenvalue weighted by molar-refractivity contribution is -0.384. The summed E-state index contributed by atoms with van der Waals surface area (Å²) in [6, 6.07) is 3.87. The number of rotatable bonds is 5. The van der Waals surface area contributed by atoms with Gasteiger partial charge in [0.2, 0.25) is 0 Å². The van der Waals surface area contributed by atoms with Crippen LogP contribution in [0, 0.1) is 16.0 Å². The lowest BCUT2D eigenvalue weighted by Crippen LogP contribution is -2.17. The first-order valence-corrected chi connectivity index (χ1v) is 6.34. The number of nitro groups is 1. The second-order valence-electron chi connectivity index (χ2n) is 4.77. The van der Waals surface area contributed by atoms with Crippen molar-refractivity contribution in [1.82, 2.24) is 0 Å². The van der Waals surface area contributed by atoms with Gasteiger partial charge in [-0.15, -0.1) is 0 Å². The fraction of sp³-hybridized carbons (Fsp3) is 0.462.